The van der Waals surface area contributed by atoms with Crippen LogP contribution >= 0.6 is 16.3 Å². The Morgan fingerprint density at radius 3 is 2.94 bits per heavy atom. The molecule has 2 rings (SSSR count). The Labute approximate surface area is 101 Å². The molecule has 0 aliphatic rings. The number of benzene rings is 1. The fourth-order valence-corrected chi connectivity index (χ4v) is 1.66. The Hall–Kier alpha value is -1.62. The van der Waals surface area contributed by atoms with Crippen LogP contribution < -0.4 is 4.74 Å². The third-order valence-electron chi connectivity index (χ3n) is 2.20. The van der Waals surface area contributed by atoms with Crippen LogP contribution in [-0.2, 0) is 3.83 Å². The second kappa shape index (κ2) is 4.49. The lowest BCUT2D eigenvalue weighted by atomic mass is 10.1. The van der Waals surface area contributed by atoms with Crippen molar-refractivity contribution in [2.75, 3.05) is 7.11 Å². The van der Waals surface area contributed by atoms with E-state index in [1.807, 2.05) is 6.07 Å². The van der Waals surface area contributed by atoms with Crippen molar-refractivity contribution in [1.82, 2.24) is 4.98 Å². The lowest BCUT2D eigenvalue weighted by molar-refractivity contribution is 0.0781. The highest BCUT2D eigenvalue weighted by molar-refractivity contribution is 9.06. The molecule has 16 heavy (non-hydrogen) atoms. The molecule has 0 saturated carbocycles. The lowest BCUT2D eigenvalue weighted by Crippen LogP contribution is -1.99. The predicted octanol–water partition coefficient (Wildman–Crippen LogP) is 2.71. The number of hydrogen-bond acceptors (Lipinski definition) is 4. The van der Waals surface area contributed by atoms with E-state index in [2.05, 4.69) is 25.1 Å². The average molecular weight is 282 g/mol. The van der Waals surface area contributed by atoms with Gasteiger partial charge in [-0.25, -0.2) is 4.79 Å². The zero-order valence-corrected chi connectivity index (χ0v) is 10.0. The van der Waals surface area contributed by atoms with Gasteiger partial charge >= 0.3 is 5.97 Å². The zero-order valence-electron chi connectivity index (χ0n) is 8.44. The minimum atomic E-state index is -0.468. The Kier molecular flexibility index (Phi) is 3.05. The van der Waals surface area contributed by atoms with E-state index in [1.54, 1.807) is 24.4 Å². The number of ether oxygens (including phenoxy) is 1. The molecule has 0 N–H and O–H groups in total. The van der Waals surface area contributed by atoms with Gasteiger partial charge in [-0.2, -0.15) is 0 Å². The Balaban J connectivity index is 2.68. The number of halogens is 1. The summed E-state index contributed by atoms with van der Waals surface area (Å²) in [4.78, 5) is 15.6. The van der Waals surface area contributed by atoms with Gasteiger partial charge < -0.3 is 8.57 Å². The van der Waals surface area contributed by atoms with Gasteiger partial charge in [-0.3, -0.25) is 4.98 Å². The summed E-state index contributed by atoms with van der Waals surface area (Å²) in [5.41, 5.74) is 1.13. The monoisotopic (exact) mass is 281 g/mol. The van der Waals surface area contributed by atoms with Crippen LogP contribution in [0.15, 0.2) is 30.5 Å². The van der Waals surface area contributed by atoms with Gasteiger partial charge in [-0.15, -0.1) is 0 Å². The maximum Gasteiger partial charge on any atom is 0.349 e. The molecule has 0 aliphatic carbocycles. The number of rotatable bonds is 2. The van der Waals surface area contributed by atoms with E-state index in [1.165, 1.54) is 7.11 Å². The molecule has 0 saturated heterocycles. The van der Waals surface area contributed by atoms with E-state index in [0.717, 1.165) is 10.9 Å². The molecular weight excluding hydrogens is 274 g/mol. The normalized spacial score (nSPS) is 10.1. The summed E-state index contributed by atoms with van der Waals surface area (Å²) in [6, 6.07) is 6.95. The number of fused-ring (bicyclic) bond motifs is 1. The summed E-state index contributed by atoms with van der Waals surface area (Å²) in [7, 11) is 1.53. The second-order valence-electron chi connectivity index (χ2n) is 3.12. The van der Waals surface area contributed by atoms with Crippen LogP contribution in [0.3, 0.4) is 0 Å². The first kappa shape index (κ1) is 10.9. The first-order valence-electron chi connectivity index (χ1n) is 4.52. The van der Waals surface area contributed by atoms with Crippen LogP contribution in [0.5, 0.6) is 5.75 Å². The van der Waals surface area contributed by atoms with Gasteiger partial charge in [0.15, 0.2) is 16.3 Å². The average Bonchev–Trinajstić information content (AvgIpc) is 2.36. The van der Waals surface area contributed by atoms with Crippen molar-refractivity contribution in [3.05, 3.63) is 36.0 Å². The standard InChI is InChI=1S/C11H8BrNO3/c1-15-9-6-8(11(14)16-12)5-7-3-2-4-13-10(7)9/h2-6H,1H3. The fraction of sp³-hybridized carbons (Fsp3) is 0.0909. The van der Waals surface area contributed by atoms with E-state index in [4.69, 9.17) is 4.74 Å². The Bertz CT molecular complexity index is 542. The van der Waals surface area contributed by atoms with E-state index in [9.17, 15) is 4.79 Å². The minimum Gasteiger partial charge on any atom is -0.494 e. The number of hydrogen-bond donors (Lipinski definition) is 0. The van der Waals surface area contributed by atoms with Crippen LogP contribution in [0.25, 0.3) is 10.9 Å². The number of aromatic nitrogens is 1. The van der Waals surface area contributed by atoms with Gasteiger partial charge in [0.25, 0.3) is 0 Å². The summed E-state index contributed by atoms with van der Waals surface area (Å²) < 4.78 is 9.66. The zero-order chi connectivity index (χ0) is 11.5. The first-order valence-corrected chi connectivity index (χ1v) is 5.16. The van der Waals surface area contributed by atoms with Crippen molar-refractivity contribution in [3.63, 3.8) is 0 Å². The molecule has 0 fully saturated rings. The summed E-state index contributed by atoms with van der Waals surface area (Å²) in [5, 5.41) is 0.828. The van der Waals surface area contributed by atoms with E-state index >= 15 is 0 Å². The maximum atomic E-state index is 11.4. The number of methoxy groups -OCH3 is 1. The third-order valence-corrected chi connectivity index (χ3v) is 2.49. The van der Waals surface area contributed by atoms with Crippen molar-refractivity contribution >= 4 is 33.1 Å². The van der Waals surface area contributed by atoms with Gasteiger partial charge in [0.2, 0.25) is 0 Å². The highest BCUT2D eigenvalue weighted by Gasteiger charge is 2.11. The van der Waals surface area contributed by atoms with E-state index < -0.39 is 5.97 Å². The van der Waals surface area contributed by atoms with Gasteiger partial charge in [-0.1, -0.05) is 6.07 Å². The van der Waals surface area contributed by atoms with Crippen molar-refractivity contribution in [3.8, 4) is 5.75 Å². The van der Waals surface area contributed by atoms with Crippen LogP contribution in [-0.4, -0.2) is 18.1 Å². The molecule has 0 unspecified atom stereocenters. The molecule has 2 aromatic rings. The minimum absolute atomic E-state index is 0.411. The first-order chi connectivity index (χ1) is 7.76. The van der Waals surface area contributed by atoms with Crippen molar-refractivity contribution < 1.29 is 13.4 Å². The Morgan fingerprint density at radius 2 is 2.25 bits per heavy atom. The number of carbonyl (C=O) groups excluding carboxylic acids is 1. The molecule has 5 heteroatoms. The topological polar surface area (TPSA) is 48.4 Å². The van der Waals surface area contributed by atoms with Crippen molar-refractivity contribution in [1.29, 1.82) is 0 Å². The fourth-order valence-electron chi connectivity index (χ4n) is 1.48. The molecule has 0 atom stereocenters. The smallest absolute Gasteiger partial charge is 0.349 e. The Morgan fingerprint density at radius 1 is 1.44 bits per heavy atom. The van der Waals surface area contributed by atoms with Crippen molar-refractivity contribution in [2.24, 2.45) is 0 Å². The SMILES string of the molecule is COc1cc(C(=O)OBr)cc2cccnc12. The maximum absolute atomic E-state index is 11.4. The van der Waals surface area contributed by atoms with Gasteiger partial charge in [0.1, 0.15) is 11.3 Å². The quantitative estimate of drug-likeness (QED) is 0.849. The van der Waals surface area contributed by atoms with Crippen molar-refractivity contribution in [2.45, 2.75) is 0 Å². The van der Waals surface area contributed by atoms with Crippen LogP contribution in [0.4, 0.5) is 0 Å². The number of nitrogens with zero attached hydrogens (tertiary/aromatic N) is 1. The molecule has 1 aromatic heterocycles. The summed E-state index contributed by atoms with van der Waals surface area (Å²) in [5.74, 6) is 0.0788. The molecule has 0 bridgehead atoms. The van der Waals surface area contributed by atoms with E-state index in [-0.39, 0.29) is 0 Å². The summed E-state index contributed by atoms with van der Waals surface area (Å²) in [6.45, 7) is 0. The number of pyridine rings is 1. The molecule has 82 valence electrons. The molecule has 1 aromatic carbocycles. The largest absolute Gasteiger partial charge is 0.494 e. The molecule has 4 nitrogen and oxygen atoms in total. The van der Waals surface area contributed by atoms with Gasteiger partial charge in [0.05, 0.1) is 12.7 Å². The van der Waals surface area contributed by atoms with Crippen LogP contribution in [0, 0.1) is 0 Å². The predicted molar refractivity (Wildman–Crippen MR) is 62.6 cm³/mol. The van der Waals surface area contributed by atoms with Gasteiger partial charge in [-0.05, 0) is 18.2 Å². The second-order valence-corrected chi connectivity index (χ2v) is 3.44. The third kappa shape index (κ3) is 1.86. The molecule has 0 amide bonds. The number of carbonyl (C=O) groups is 1. The molecule has 0 radical (unpaired) electrons. The molecule has 0 aliphatic heterocycles. The van der Waals surface area contributed by atoms with Crippen LogP contribution in [0.2, 0.25) is 0 Å². The highest BCUT2D eigenvalue weighted by atomic mass is 79.9. The molecule has 1 heterocycles. The molecular formula is C11H8BrNO3. The summed E-state index contributed by atoms with van der Waals surface area (Å²) in [6.07, 6.45) is 1.67. The van der Waals surface area contributed by atoms with E-state index in [0.29, 0.717) is 11.3 Å². The lowest BCUT2D eigenvalue weighted by Gasteiger charge is -2.06. The molecule has 0 spiro atoms. The van der Waals surface area contributed by atoms with Crippen LogP contribution in [0.1, 0.15) is 10.4 Å². The highest BCUT2D eigenvalue weighted by Crippen LogP contribution is 2.25. The van der Waals surface area contributed by atoms with Gasteiger partial charge in [0, 0.05) is 11.6 Å². The summed E-state index contributed by atoms with van der Waals surface area (Å²) >= 11 is 2.66.